The van der Waals surface area contributed by atoms with E-state index in [1.54, 1.807) is 24.3 Å². The fourth-order valence-electron chi connectivity index (χ4n) is 2.83. The van der Waals surface area contributed by atoms with Gasteiger partial charge >= 0.3 is 0 Å². The molecule has 2 N–H and O–H groups in total. The van der Waals surface area contributed by atoms with Crippen LogP contribution >= 0.6 is 0 Å². The first-order valence-electron chi connectivity index (χ1n) is 9.68. The molecule has 0 aromatic heterocycles. The molecule has 5 nitrogen and oxygen atoms in total. The van der Waals surface area contributed by atoms with Crippen molar-refractivity contribution in [3.05, 3.63) is 76.8 Å². The highest BCUT2D eigenvalue weighted by Crippen LogP contribution is 2.30. The number of Topliss-reactive ketones (excluding diaryl/α,β-unsaturated/α-hetero) is 1. The molecular weight excluding hydrogens is 388 g/mol. The molecule has 0 amide bonds. The maximum Gasteiger partial charge on any atom is 0.241 e. The first-order chi connectivity index (χ1) is 14.0. The predicted molar refractivity (Wildman–Crippen MR) is 116 cm³/mol. The Morgan fingerprint density at radius 3 is 2.69 bits per heavy atom. The molecule has 2 atom stereocenters. The van der Waals surface area contributed by atoms with Crippen LogP contribution in [-0.4, -0.2) is 46.1 Å². The minimum atomic E-state index is -1.36. The van der Waals surface area contributed by atoms with Crippen molar-refractivity contribution in [3.63, 3.8) is 0 Å². The number of rotatable bonds is 11. The van der Waals surface area contributed by atoms with E-state index in [2.05, 4.69) is 0 Å². The van der Waals surface area contributed by atoms with Crippen LogP contribution in [0.25, 0.3) is 0 Å². The average Bonchev–Trinajstić information content (AvgIpc) is 3.03. The second-order valence-electron chi connectivity index (χ2n) is 6.65. The summed E-state index contributed by atoms with van der Waals surface area (Å²) < 4.78 is 17.5. The third-order valence-electron chi connectivity index (χ3n) is 4.35. The van der Waals surface area contributed by atoms with Crippen LogP contribution in [0.4, 0.5) is 0 Å². The molecule has 2 unspecified atom stereocenters. The van der Waals surface area contributed by atoms with Crippen molar-refractivity contribution >= 4 is 17.0 Å². The molecular formula is C23H28O5S. The summed E-state index contributed by atoms with van der Waals surface area (Å²) in [5, 5.41) is 18.6. The number of carbonyl (C=O) groups is 1. The Balaban J connectivity index is 1.98. The molecule has 6 heteroatoms. The Morgan fingerprint density at radius 2 is 2.00 bits per heavy atom. The maximum atomic E-state index is 12.6. The number of ether oxygens (including phenoxy) is 1. The van der Waals surface area contributed by atoms with E-state index >= 15 is 0 Å². The lowest BCUT2D eigenvalue weighted by Crippen LogP contribution is -2.09. The fraction of sp³-hybridized carbons (Fsp3) is 0.348. The van der Waals surface area contributed by atoms with Crippen molar-refractivity contribution in [2.75, 3.05) is 19.5 Å². The summed E-state index contributed by atoms with van der Waals surface area (Å²) >= 11 is -1.36. The van der Waals surface area contributed by atoms with Gasteiger partial charge in [0.25, 0.3) is 0 Å². The van der Waals surface area contributed by atoms with Gasteiger partial charge in [-0.2, -0.15) is 0 Å². The second kappa shape index (κ2) is 12.4. The summed E-state index contributed by atoms with van der Waals surface area (Å²) in [6, 6.07) is 9.58. The first-order valence-corrected chi connectivity index (χ1v) is 11.2. The number of aliphatic hydroxyl groups is 2. The van der Waals surface area contributed by atoms with Gasteiger partial charge in [-0.25, -0.2) is 0 Å². The quantitative estimate of drug-likeness (QED) is 0.328. The van der Waals surface area contributed by atoms with Gasteiger partial charge in [-0.05, 0) is 54.6 Å². The molecule has 0 fully saturated rings. The molecule has 0 saturated carbocycles. The normalized spacial score (nSPS) is 19.2. The van der Waals surface area contributed by atoms with Crippen LogP contribution in [0.3, 0.4) is 0 Å². The number of allylic oxidation sites excluding steroid dienone is 7. The number of hydrogen-bond acceptors (Lipinski definition) is 5. The minimum absolute atomic E-state index is 0.0287. The van der Waals surface area contributed by atoms with Gasteiger partial charge in [0.05, 0.1) is 12.7 Å². The summed E-state index contributed by atoms with van der Waals surface area (Å²) in [6.45, 7) is 0.592. The second-order valence-corrected chi connectivity index (χ2v) is 8.00. The van der Waals surface area contributed by atoms with Gasteiger partial charge in [0.15, 0.2) is 0 Å². The third kappa shape index (κ3) is 7.66. The zero-order valence-corrected chi connectivity index (χ0v) is 17.4. The van der Waals surface area contributed by atoms with Gasteiger partial charge in [-0.3, -0.25) is 4.79 Å². The largest absolute Gasteiger partial charge is 0.612 e. The van der Waals surface area contributed by atoms with Crippen LogP contribution in [0.1, 0.15) is 25.7 Å². The monoisotopic (exact) mass is 416 g/mol. The SMILES string of the molecule is C[S+]([O-])C1=CC(=C/CCCOc2ccccc2)/C(=C/C=C/C(O)CCCO)C1=O. The Labute approximate surface area is 175 Å². The molecule has 0 heterocycles. The zero-order chi connectivity index (χ0) is 21.1. The fourth-order valence-corrected chi connectivity index (χ4v) is 3.49. The highest BCUT2D eigenvalue weighted by atomic mass is 32.2. The molecule has 0 radical (unpaired) electrons. The van der Waals surface area contributed by atoms with E-state index in [9.17, 15) is 14.5 Å². The predicted octanol–water partition coefficient (Wildman–Crippen LogP) is 3.23. The standard InChI is InChI=1S/C23H28O5S/c1-29(27)22-17-18(9-5-6-16-28-20-12-3-2-4-13-20)21(23(22)26)14-7-10-19(25)11-8-15-24/h2-4,7,9-10,12-14,17,19,24-25H,5-6,8,11,15-16H2,1H3/b10-7+,18-9-,21-14-. The molecule has 0 bridgehead atoms. The van der Waals surface area contributed by atoms with Crippen molar-refractivity contribution in [2.24, 2.45) is 0 Å². The molecule has 0 saturated heterocycles. The van der Waals surface area contributed by atoms with Crippen LogP contribution in [0.15, 0.2) is 76.8 Å². The first kappa shape index (κ1) is 23.2. The smallest absolute Gasteiger partial charge is 0.241 e. The van der Waals surface area contributed by atoms with Crippen molar-refractivity contribution in [3.8, 4) is 5.75 Å². The Bertz CT molecular complexity index is 778. The van der Waals surface area contributed by atoms with Crippen LogP contribution in [0, 0.1) is 0 Å². The van der Waals surface area contributed by atoms with Crippen LogP contribution < -0.4 is 4.74 Å². The van der Waals surface area contributed by atoms with Gasteiger partial charge < -0.3 is 19.5 Å². The number of para-hydroxylation sites is 1. The van der Waals surface area contributed by atoms with E-state index in [1.807, 2.05) is 36.4 Å². The molecule has 0 spiro atoms. The summed E-state index contributed by atoms with van der Waals surface area (Å²) in [5.41, 5.74) is 1.22. The molecule has 0 aliphatic heterocycles. The van der Waals surface area contributed by atoms with E-state index in [0.29, 0.717) is 25.0 Å². The van der Waals surface area contributed by atoms with Gasteiger partial charge in [0, 0.05) is 18.3 Å². The Morgan fingerprint density at radius 1 is 1.24 bits per heavy atom. The van der Waals surface area contributed by atoms with Gasteiger partial charge in [0.1, 0.15) is 12.0 Å². The van der Waals surface area contributed by atoms with Crippen LogP contribution in [0.5, 0.6) is 5.75 Å². The van der Waals surface area contributed by atoms with E-state index in [1.165, 1.54) is 6.26 Å². The number of unbranched alkanes of at least 4 members (excludes halogenated alkanes) is 1. The van der Waals surface area contributed by atoms with Crippen molar-refractivity contribution in [2.45, 2.75) is 31.8 Å². The molecule has 1 aliphatic carbocycles. The lowest BCUT2D eigenvalue weighted by molar-refractivity contribution is -0.111. The third-order valence-corrected chi connectivity index (χ3v) is 5.28. The molecule has 1 aliphatic rings. The zero-order valence-electron chi connectivity index (χ0n) is 16.6. The lowest BCUT2D eigenvalue weighted by atomic mass is 10.1. The average molecular weight is 417 g/mol. The Kier molecular flexibility index (Phi) is 9.94. The summed E-state index contributed by atoms with van der Waals surface area (Å²) in [6.07, 6.45) is 11.8. The highest BCUT2D eigenvalue weighted by molar-refractivity contribution is 7.95. The van der Waals surface area contributed by atoms with Crippen LogP contribution in [0.2, 0.25) is 0 Å². The Hall–Kier alpha value is -2.12. The van der Waals surface area contributed by atoms with Gasteiger partial charge in [-0.15, -0.1) is 0 Å². The minimum Gasteiger partial charge on any atom is -0.612 e. The lowest BCUT2D eigenvalue weighted by Gasteiger charge is -2.05. The van der Waals surface area contributed by atoms with Crippen molar-refractivity contribution in [1.29, 1.82) is 0 Å². The number of carbonyl (C=O) groups excluding carboxylic acids is 1. The molecule has 156 valence electrons. The molecule has 1 aromatic carbocycles. The van der Waals surface area contributed by atoms with Gasteiger partial charge in [0.2, 0.25) is 10.7 Å². The van der Waals surface area contributed by atoms with E-state index < -0.39 is 17.3 Å². The molecule has 2 rings (SSSR count). The van der Waals surface area contributed by atoms with Gasteiger partial charge in [-0.1, -0.05) is 42.5 Å². The van der Waals surface area contributed by atoms with Crippen LogP contribution in [-0.2, 0) is 16.0 Å². The van der Waals surface area contributed by atoms with E-state index in [4.69, 9.17) is 9.84 Å². The van der Waals surface area contributed by atoms with E-state index in [-0.39, 0.29) is 17.3 Å². The number of aliphatic hydroxyl groups excluding tert-OH is 2. The number of benzene rings is 1. The summed E-state index contributed by atoms with van der Waals surface area (Å²) in [5.74, 6) is 0.581. The number of ketones is 1. The van der Waals surface area contributed by atoms with Crippen molar-refractivity contribution < 1.29 is 24.3 Å². The van der Waals surface area contributed by atoms with Crippen molar-refractivity contribution in [1.82, 2.24) is 0 Å². The molecule has 29 heavy (non-hydrogen) atoms. The van der Waals surface area contributed by atoms with E-state index in [0.717, 1.165) is 24.2 Å². The highest BCUT2D eigenvalue weighted by Gasteiger charge is 2.31. The maximum absolute atomic E-state index is 12.6. The number of hydrogen-bond donors (Lipinski definition) is 2. The summed E-state index contributed by atoms with van der Waals surface area (Å²) in [7, 11) is 0. The molecule has 1 aromatic rings. The summed E-state index contributed by atoms with van der Waals surface area (Å²) in [4.78, 5) is 12.8. The topological polar surface area (TPSA) is 89.8 Å².